The van der Waals surface area contributed by atoms with E-state index in [9.17, 15) is 18.0 Å². The first-order valence-electron chi connectivity index (χ1n) is 9.44. The molecule has 2 aromatic rings. The van der Waals surface area contributed by atoms with E-state index < -0.39 is 22.1 Å². The molecular formula is C21H24N2O5S. The molecule has 154 valence electrons. The van der Waals surface area contributed by atoms with Crippen molar-refractivity contribution in [2.45, 2.75) is 30.8 Å². The van der Waals surface area contributed by atoms with Gasteiger partial charge in [-0.3, -0.25) is 9.10 Å². The lowest BCUT2D eigenvalue weighted by atomic mass is 10.2. The zero-order valence-electron chi connectivity index (χ0n) is 16.4. The summed E-state index contributed by atoms with van der Waals surface area (Å²) in [6.07, 6.45) is 0.968. The number of nitrogens with zero attached hydrogens (tertiary/aromatic N) is 2. The van der Waals surface area contributed by atoms with Crippen molar-refractivity contribution < 1.29 is 22.7 Å². The van der Waals surface area contributed by atoms with Gasteiger partial charge >= 0.3 is 5.97 Å². The van der Waals surface area contributed by atoms with E-state index in [1.165, 1.54) is 38.2 Å². The summed E-state index contributed by atoms with van der Waals surface area (Å²) in [7, 11) is -2.40. The fraction of sp³-hybridized carbons (Fsp3) is 0.333. The SMILES string of the molecule is C[C@H](OC(=O)c1cccc(S(=O)(=O)N(C)c2ccccc2)c1)C(=O)N1CCCC1. The number of sulfonamides is 1. The summed E-state index contributed by atoms with van der Waals surface area (Å²) in [5, 5.41) is 0. The predicted octanol–water partition coefficient (Wildman–Crippen LogP) is 2.68. The van der Waals surface area contributed by atoms with Crippen LogP contribution in [0.3, 0.4) is 0 Å². The van der Waals surface area contributed by atoms with E-state index in [1.807, 2.05) is 0 Å². The van der Waals surface area contributed by atoms with Crippen LogP contribution in [0, 0.1) is 0 Å². The Balaban J connectivity index is 1.76. The van der Waals surface area contributed by atoms with Gasteiger partial charge in [0.15, 0.2) is 6.10 Å². The smallest absolute Gasteiger partial charge is 0.338 e. The van der Waals surface area contributed by atoms with Gasteiger partial charge in [-0.05, 0) is 50.1 Å². The molecular weight excluding hydrogens is 392 g/mol. The minimum Gasteiger partial charge on any atom is -0.449 e. The number of carbonyl (C=O) groups excluding carboxylic acids is 2. The van der Waals surface area contributed by atoms with Gasteiger partial charge in [-0.25, -0.2) is 13.2 Å². The molecule has 0 bridgehead atoms. The lowest BCUT2D eigenvalue weighted by molar-refractivity contribution is -0.138. The number of ether oxygens (including phenoxy) is 1. The molecule has 29 heavy (non-hydrogen) atoms. The number of rotatable bonds is 6. The van der Waals surface area contributed by atoms with Crippen LogP contribution in [-0.4, -0.2) is 51.4 Å². The second kappa shape index (κ2) is 8.65. The van der Waals surface area contributed by atoms with E-state index in [-0.39, 0.29) is 16.4 Å². The highest BCUT2D eigenvalue weighted by Crippen LogP contribution is 2.23. The summed E-state index contributed by atoms with van der Waals surface area (Å²) < 4.78 is 32.3. The Labute approximate surface area is 170 Å². The Morgan fingerprint density at radius 2 is 1.69 bits per heavy atom. The molecule has 1 amide bonds. The number of hydrogen-bond donors (Lipinski definition) is 0. The van der Waals surface area contributed by atoms with Crippen molar-refractivity contribution in [1.82, 2.24) is 4.90 Å². The summed E-state index contributed by atoms with van der Waals surface area (Å²) in [6.45, 7) is 2.86. The Kier molecular flexibility index (Phi) is 6.22. The second-order valence-corrected chi connectivity index (χ2v) is 8.89. The fourth-order valence-corrected chi connectivity index (χ4v) is 4.43. The van der Waals surface area contributed by atoms with Crippen LogP contribution >= 0.6 is 0 Å². The number of amides is 1. The van der Waals surface area contributed by atoms with Crippen LogP contribution in [0.5, 0.6) is 0 Å². The number of benzene rings is 2. The molecule has 0 unspecified atom stereocenters. The van der Waals surface area contributed by atoms with Crippen molar-refractivity contribution >= 4 is 27.6 Å². The summed E-state index contributed by atoms with van der Waals surface area (Å²) in [5.74, 6) is -0.965. The molecule has 0 spiro atoms. The largest absolute Gasteiger partial charge is 0.449 e. The standard InChI is InChI=1S/C21H24N2O5S/c1-16(20(24)23-13-6-7-14-23)28-21(25)17-9-8-12-19(15-17)29(26,27)22(2)18-10-4-3-5-11-18/h3-5,8-12,15-16H,6-7,13-14H2,1-2H3/t16-/m0/s1. The quantitative estimate of drug-likeness (QED) is 0.676. The molecule has 7 nitrogen and oxygen atoms in total. The van der Waals surface area contributed by atoms with E-state index in [4.69, 9.17) is 4.74 Å². The summed E-state index contributed by atoms with van der Waals surface area (Å²) in [6, 6.07) is 14.3. The van der Waals surface area contributed by atoms with Gasteiger partial charge in [0.1, 0.15) is 0 Å². The first-order valence-corrected chi connectivity index (χ1v) is 10.9. The highest BCUT2D eigenvalue weighted by atomic mass is 32.2. The molecule has 3 rings (SSSR count). The number of carbonyl (C=O) groups is 2. The molecule has 1 aliphatic rings. The van der Waals surface area contributed by atoms with Crippen molar-refractivity contribution in [3.05, 3.63) is 60.2 Å². The van der Waals surface area contributed by atoms with Crippen molar-refractivity contribution in [3.63, 3.8) is 0 Å². The predicted molar refractivity (Wildman–Crippen MR) is 109 cm³/mol. The first kappa shape index (κ1) is 20.9. The molecule has 1 aliphatic heterocycles. The van der Waals surface area contributed by atoms with Crippen molar-refractivity contribution in [1.29, 1.82) is 0 Å². The van der Waals surface area contributed by atoms with Crippen LogP contribution in [0.15, 0.2) is 59.5 Å². The summed E-state index contributed by atoms with van der Waals surface area (Å²) in [5.41, 5.74) is 0.582. The number of likely N-dealkylation sites (tertiary alicyclic amines) is 1. The summed E-state index contributed by atoms with van der Waals surface area (Å²) in [4.78, 5) is 26.5. The third-order valence-corrected chi connectivity index (χ3v) is 6.68. The Morgan fingerprint density at radius 3 is 2.34 bits per heavy atom. The van der Waals surface area contributed by atoms with Crippen LogP contribution in [0.4, 0.5) is 5.69 Å². The van der Waals surface area contributed by atoms with Gasteiger partial charge in [0.2, 0.25) is 0 Å². The second-order valence-electron chi connectivity index (χ2n) is 6.92. The van der Waals surface area contributed by atoms with Gasteiger partial charge in [-0.2, -0.15) is 0 Å². The molecule has 2 aromatic carbocycles. The van der Waals surface area contributed by atoms with Gasteiger partial charge in [0, 0.05) is 20.1 Å². The van der Waals surface area contributed by atoms with Crippen molar-refractivity contribution in [2.24, 2.45) is 0 Å². The van der Waals surface area contributed by atoms with E-state index in [1.54, 1.807) is 35.2 Å². The Bertz CT molecular complexity index is 985. The molecule has 1 saturated heterocycles. The Hall–Kier alpha value is -2.87. The zero-order chi connectivity index (χ0) is 21.0. The van der Waals surface area contributed by atoms with E-state index >= 15 is 0 Å². The Morgan fingerprint density at radius 1 is 1.03 bits per heavy atom. The van der Waals surface area contributed by atoms with Crippen LogP contribution < -0.4 is 4.31 Å². The average Bonchev–Trinajstić information content (AvgIpc) is 3.28. The van der Waals surface area contributed by atoms with E-state index in [2.05, 4.69) is 0 Å². The molecule has 0 aromatic heterocycles. The van der Waals surface area contributed by atoms with Crippen LogP contribution in [0.25, 0.3) is 0 Å². The lowest BCUT2D eigenvalue weighted by Gasteiger charge is -2.21. The molecule has 0 saturated carbocycles. The van der Waals surface area contributed by atoms with Crippen molar-refractivity contribution in [3.8, 4) is 0 Å². The van der Waals surface area contributed by atoms with E-state index in [0.717, 1.165) is 17.1 Å². The highest BCUT2D eigenvalue weighted by molar-refractivity contribution is 7.92. The first-order chi connectivity index (χ1) is 13.8. The van der Waals surface area contributed by atoms with E-state index in [0.29, 0.717) is 18.8 Å². The lowest BCUT2D eigenvalue weighted by Crippen LogP contribution is -2.38. The highest BCUT2D eigenvalue weighted by Gasteiger charge is 2.27. The van der Waals surface area contributed by atoms with Crippen LogP contribution in [0.2, 0.25) is 0 Å². The third-order valence-electron chi connectivity index (χ3n) is 4.90. The monoisotopic (exact) mass is 416 g/mol. The van der Waals surface area contributed by atoms with Gasteiger partial charge in [-0.1, -0.05) is 24.3 Å². The van der Waals surface area contributed by atoms with Crippen LogP contribution in [-0.2, 0) is 19.6 Å². The zero-order valence-corrected chi connectivity index (χ0v) is 17.3. The average molecular weight is 416 g/mol. The fourth-order valence-electron chi connectivity index (χ4n) is 3.19. The normalized spacial score (nSPS) is 15.0. The molecule has 8 heteroatoms. The number of hydrogen-bond acceptors (Lipinski definition) is 5. The summed E-state index contributed by atoms with van der Waals surface area (Å²) >= 11 is 0. The van der Waals surface area contributed by atoms with Crippen molar-refractivity contribution in [2.75, 3.05) is 24.4 Å². The maximum Gasteiger partial charge on any atom is 0.338 e. The number of anilines is 1. The molecule has 1 atom stereocenters. The van der Waals surface area contributed by atoms with Crippen LogP contribution in [0.1, 0.15) is 30.1 Å². The molecule has 1 fully saturated rings. The van der Waals surface area contributed by atoms with Gasteiger partial charge < -0.3 is 9.64 Å². The minimum atomic E-state index is -3.86. The third kappa shape index (κ3) is 4.59. The number of esters is 1. The van der Waals surface area contributed by atoms with Gasteiger partial charge in [-0.15, -0.1) is 0 Å². The van der Waals surface area contributed by atoms with Gasteiger partial charge in [0.25, 0.3) is 15.9 Å². The molecule has 0 N–H and O–H groups in total. The number of para-hydroxylation sites is 1. The maximum absolute atomic E-state index is 12.9. The topological polar surface area (TPSA) is 84.0 Å². The van der Waals surface area contributed by atoms with Gasteiger partial charge in [0.05, 0.1) is 16.1 Å². The molecule has 0 aliphatic carbocycles. The minimum absolute atomic E-state index is 0.0307. The molecule has 1 heterocycles. The maximum atomic E-state index is 12.9. The molecule has 0 radical (unpaired) electrons.